The lowest BCUT2D eigenvalue weighted by Crippen LogP contribution is -2.24. The van der Waals surface area contributed by atoms with E-state index in [2.05, 4.69) is 41.2 Å². The van der Waals surface area contributed by atoms with Crippen molar-refractivity contribution in [1.82, 2.24) is 19.6 Å². The number of benzene rings is 1. The standard InChI is InChI=1S/C18H17Cl2N5O2/c1-8(2)9(3)23-16-13(15(20)24-18-21-7-22-25(16)18)11-5-4-10-12(14(11)19)6-27-17(10)26/h4-5,7-9,23H,6H2,1-3H3/t9-/m1/s1. The number of rotatable bonds is 4. The van der Waals surface area contributed by atoms with Crippen LogP contribution >= 0.6 is 23.2 Å². The highest BCUT2D eigenvalue weighted by Gasteiger charge is 2.28. The molecule has 4 rings (SSSR count). The summed E-state index contributed by atoms with van der Waals surface area (Å²) >= 11 is 13.2. The molecule has 1 aliphatic heterocycles. The molecule has 27 heavy (non-hydrogen) atoms. The summed E-state index contributed by atoms with van der Waals surface area (Å²) in [5.41, 5.74) is 2.38. The van der Waals surface area contributed by atoms with Crippen molar-refractivity contribution in [2.45, 2.75) is 33.4 Å². The van der Waals surface area contributed by atoms with E-state index in [1.54, 1.807) is 16.6 Å². The zero-order chi connectivity index (χ0) is 19.3. The van der Waals surface area contributed by atoms with E-state index in [9.17, 15) is 4.79 Å². The number of fused-ring (bicyclic) bond motifs is 2. The fourth-order valence-corrected chi connectivity index (χ4v) is 3.51. The van der Waals surface area contributed by atoms with Gasteiger partial charge in [-0.2, -0.15) is 19.6 Å². The number of anilines is 1. The summed E-state index contributed by atoms with van der Waals surface area (Å²) in [6, 6.07) is 3.58. The number of hydrogen-bond donors (Lipinski definition) is 1. The molecule has 9 heteroatoms. The lowest BCUT2D eigenvalue weighted by Gasteiger charge is -2.22. The van der Waals surface area contributed by atoms with E-state index in [1.165, 1.54) is 6.33 Å². The Morgan fingerprint density at radius 2 is 1.96 bits per heavy atom. The molecule has 1 aliphatic rings. The summed E-state index contributed by atoms with van der Waals surface area (Å²) in [5.74, 6) is 1.03. The molecule has 0 bridgehead atoms. The third-order valence-electron chi connectivity index (χ3n) is 4.83. The molecule has 0 aliphatic carbocycles. The molecular weight excluding hydrogens is 389 g/mol. The molecule has 0 amide bonds. The number of halogens is 2. The SMILES string of the molecule is CC(C)[C@@H](C)Nc1c(-c2ccc3c(c2Cl)COC3=O)c(Cl)nc2ncnn12. The fraction of sp³-hybridized carbons (Fsp3) is 0.333. The van der Waals surface area contributed by atoms with Gasteiger partial charge < -0.3 is 10.1 Å². The van der Waals surface area contributed by atoms with Crippen LogP contribution in [0.25, 0.3) is 16.9 Å². The number of esters is 1. The second-order valence-corrected chi connectivity index (χ2v) is 7.54. The predicted octanol–water partition coefficient (Wildman–Crippen LogP) is 4.22. The van der Waals surface area contributed by atoms with Crippen molar-refractivity contribution in [2.75, 3.05) is 5.32 Å². The van der Waals surface area contributed by atoms with Crippen LogP contribution in [0, 0.1) is 5.92 Å². The third kappa shape index (κ3) is 2.91. The summed E-state index contributed by atoms with van der Waals surface area (Å²) in [6.07, 6.45) is 1.42. The van der Waals surface area contributed by atoms with E-state index in [0.717, 1.165) is 0 Å². The molecule has 0 unspecified atom stereocenters. The lowest BCUT2D eigenvalue weighted by atomic mass is 10.0. The Hall–Kier alpha value is -2.38. The molecule has 140 valence electrons. The summed E-state index contributed by atoms with van der Waals surface area (Å²) in [6.45, 7) is 6.44. The van der Waals surface area contributed by atoms with E-state index < -0.39 is 0 Å². The Bertz CT molecular complexity index is 1060. The van der Waals surface area contributed by atoms with Crippen LogP contribution in [0.15, 0.2) is 18.5 Å². The Morgan fingerprint density at radius 3 is 2.70 bits per heavy atom. The smallest absolute Gasteiger partial charge is 0.338 e. The number of carbonyl (C=O) groups excluding carboxylic acids is 1. The van der Waals surface area contributed by atoms with Gasteiger partial charge in [-0.25, -0.2) is 4.79 Å². The van der Waals surface area contributed by atoms with Crippen LogP contribution in [0.5, 0.6) is 0 Å². The van der Waals surface area contributed by atoms with Crippen LogP contribution in [-0.2, 0) is 11.3 Å². The summed E-state index contributed by atoms with van der Waals surface area (Å²) in [4.78, 5) is 20.3. The zero-order valence-corrected chi connectivity index (χ0v) is 16.5. The topological polar surface area (TPSA) is 81.4 Å². The van der Waals surface area contributed by atoms with E-state index >= 15 is 0 Å². The van der Waals surface area contributed by atoms with Crippen molar-refractivity contribution in [3.63, 3.8) is 0 Å². The average Bonchev–Trinajstić information content (AvgIpc) is 3.23. The molecule has 7 nitrogen and oxygen atoms in total. The van der Waals surface area contributed by atoms with Gasteiger partial charge in [0.15, 0.2) is 0 Å². The van der Waals surface area contributed by atoms with Crippen molar-refractivity contribution >= 4 is 40.8 Å². The second-order valence-electron chi connectivity index (χ2n) is 6.80. The molecule has 0 spiro atoms. The van der Waals surface area contributed by atoms with Gasteiger partial charge in [0.05, 0.1) is 16.1 Å². The highest BCUT2D eigenvalue weighted by molar-refractivity contribution is 6.37. The maximum Gasteiger partial charge on any atom is 0.338 e. The maximum atomic E-state index is 11.8. The van der Waals surface area contributed by atoms with Crippen molar-refractivity contribution in [3.8, 4) is 11.1 Å². The van der Waals surface area contributed by atoms with Gasteiger partial charge in [0.1, 0.15) is 23.9 Å². The van der Waals surface area contributed by atoms with E-state index in [-0.39, 0.29) is 23.8 Å². The summed E-state index contributed by atoms with van der Waals surface area (Å²) < 4.78 is 6.70. The van der Waals surface area contributed by atoms with Crippen molar-refractivity contribution in [3.05, 3.63) is 39.8 Å². The second kappa shape index (κ2) is 6.65. The molecule has 1 atom stereocenters. The molecule has 2 aromatic heterocycles. The Balaban J connectivity index is 1.97. The molecule has 1 N–H and O–H groups in total. The van der Waals surface area contributed by atoms with Gasteiger partial charge in [-0.15, -0.1) is 0 Å². The van der Waals surface area contributed by atoms with Crippen LogP contribution < -0.4 is 5.32 Å². The lowest BCUT2D eigenvalue weighted by molar-refractivity contribution is 0.0535. The van der Waals surface area contributed by atoms with Gasteiger partial charge >= 0.3 is 5.97 Å². The van der Waals surface area contributed by atoms with Gasteiger partial charge in [0.2, 0.25) is 0 Å². The molecule has 0 radical (unpaired) electrons. The maximum absolute atomic E-state index is 11.8. The first-order valence-corrected chi connectivity index (χ1v) is 9.28. The quantitative estimate of drug-likeness (QED) is 0.516. The number of ether oxygens (including phenoxy) is 1. The van der Waals surface area contributed by atoms with Crippen LogP contribution in [-0.4, -0.2) is 31.6 Å². The Labute approximate surface area is 165 Å². The van der Waals surface area contributed by atoms with Gasteiger partial charge in [0.25, 0.3) is 5.78 Å². The summed E-state index contributed by atoms with van der Waals surface area (Å²) in [5, 5.41) is 8.40. The van der Waals surface area contributed by atoms with Gasteiger partial charge in [-0.1, -0.05) is 43.1 Å². The summed E-state index contributed by atoms with van der Waals surface area (Å²) in [7, 11) is 0. The Kier molecular flexibility index (Phi) is 4.44. The zero-order valence-electron chi connectivity index (χ0n) is 15.0. The first kappa shape index (κ1) is 18.0. The normalized spacial score (nSPS) is 14.5. The molecule has 0 saturated heterocycles. The number of cyclic esters (lactones) is 1. The minimum absolute atomic E-state index is 0.132. The molecule has 3 heterocycles. The van der Waals surface area contributed by atoms with Crippen molar-refractivity contribution in [2.24, 2.45) is 5.92 Å². The average molecular weight is 406 g/mol. The predicted molar refractivity (Wildman–Crippen MR) is 103 cm³/mol. The van der Waals surface area contributed by atoms with E-state index in [0.29, 0.717) is 44.8 Å². The molecular formula is C18H17Cl2N5O2. The molecule has 0 fully saturated rings. The van der Waals surface area contributed by atoms with Gasteiger partial charge in [-0.05, 0) is 18.9 Å². The Morgan fingerprint density at radius 1 is 1.22 bits per heavy atom. The minimum Gasteiger partial charge on any atom is -0.457 e. The molecule has 3 aromatic rings. The molecule has 0 saturated carbocycles. The monoisotopic (exact) mass is 405 g/mol. The van der Waals surface area contributed by atoms with Crippen LogP contribution in [0.4, 0.5) is 5.82 Å². The van der Waals surface area contributed by atoms with Crippen LogP contribution in [0.3, 0.4) is 0 Å². The van der Waals surface area contributed by atoms with E-state index in [1.807, 2.05) is 0 Å². The van der Waals surface area contributed by atoms with Crippen LogP contribution in [0.2, 0.25) is 10.2 Å². The number of nitrogens with zero attached hydrogens (tertiary/aromatic N) is 4. The van der Waals surface area contributed by atoms with Gasteiger partial charge in [0, 0.05) is 17.2 Å². The largest absolute Gasteiger partial charge is 0.457 e. The highest BCUT2D eigenvalue weighted by Crippen LogP contribution is 2.42. The number of nitrogens with one attached hydrogen (secondary N) is 1. The fourth-order valence-electron chi connectivity index (χ4n) is 2.93. The third-order valence-corrected chi connectivity index (χ3v) is 5.53. The van der Waals surface area contributed by atoms with Crippen molar-refractivity contribution < 1.29 is 9.53 Å². The van der Waals surface area contributed by atoms with Gasteiger partial charge in [-0.3, -0.25) is 0 Å². The first-order valence-electron chi connectivity index (χ1n) is 8.53. The van der Waals surface area contributed by atoms with E-state index in [4.69, 9.17) is 27.9 Å². The number of hydrogen-bond acceptors (Lipinski definition) is 6. The van der Waals surface area contributed by atoms with Crippen LogP contribution in [0.1, 0.15) is 36.7 Å². The highest BCUT2D eigenvalue weighted by atomic mass is 35.5. The minimum atomic E-state index is -0.374. The number of carbonyl (C=O) groups is 1. The number of aromatic nitrogens is 4. The van der Waals surface area contributed by atoms with Crippen molar-refractivity contribution in [1.29, 1.82) is 0 Å². The first-order chi connectivity index (χ1) is 12.9. The molecule has 1 aromatic carbocycles.